The number of ether oxygens (including phenoxy) is 1. The number of hydrogen-bond donors (Lipinski definition) is 1. The van der Waals surface area contributed by atoms with Gasteiger partial charge in [-0.1, -0.05) is 19.1 Å². The molecular weight excluding hydrogens is 356 g/mol. The van der Waals surface area contributed by atoms with Crippen molar-refractivity contribution in [3.05, 3.63) is 29.8 Å². The Kier molecular flexibility index (Phi) is 6.33. The summed E-state index contributed by atoms with van der Waals surface area (Å²) in [4.78, 5) is 12.5. The molecular formula is C15H17F6NO3. The SMILES string of the molecule is CCC(=O)OCCN(C)c1ccc(C(O)(C(F)(F)F)C(F)(F)F)cc1. The number of nitrogens with zero attached hydrogens (tertiary/aromatic N) is 1. The van der Waals surface area contributed by atoms with Crippen molar-refractivity contribution in [3.8, 4) is 0 Å². The van der Waals surface area contributed by atoms with E-state index in [9.17, 15) is 36.2 Å². The summed E-state index contributed by atoms with van der Waals surface area (Å²) in [6, 6.07) is 3.15. The molecule has 0 saturated heterocycles. The van der Waals surface area contributed by atoms with Crippen molar-refractivity contribution in [3.63, 3.8) is 0 Å². The van der Waals surface area contributed by atoms with E-state index in [4.69, 9.17) is 4.74 Å². The highest BCUT2D eigenvalue weighted by Crippen LogP contribution is 2.50. The van der Waals surface area contributed by atoms with Crippen LogP contribution in [0.3, 0.4) is 0 Å². The Morgan fingerprint density at radius 3 is 1.96 bits per heavy atom. The predicted octanol–water partition coefficient (Wildman–Crippen LogP) is 3.39. The smallest absolute Gasteiger partial charge is 0.430 e. The number of carbonyl (C=O) groups excluding carboxylic acids is 1. The molecule has 0 aliphatic heterocycles. The maximum atomic E-state index is 12.8. The molecule has 0 radical (unpaired) electrons. The Hall–Kier alpha value is -1.97. The molecule has 0 atom stereocenters. The van der Waals surface area contributed by atoms with Crippen molar-refractivity contribution >= 4 is 11.7 Å². The first-order chi connectivity index (χ1) is 11.3. The third-order valence-corrected chi connectivity index (χ3v) is 3.52. The molecule has 0 aliphatic rings. The monoisotopic (exact) mass is 373 g/mol. The number of anilines is 1. The second kappa shape index (κ2) is 7.51. The average molecular weight is 373 g/mol. The van der Waals surface area contributed by atoms with Gasteiger partial charge in [0, 0.05) is 24.7 Å². The van der Waals surface area contributed by atoms with Gasteiger partial charge in [0.2, 0.25) is 0 Å². The maximum absolute atomic E-state index is 12.8. The van der Waals surface area contributed by atoms with Crippen LogP contribution in [0.15, 0.2) is 24.3 Å². The predicted molar refractivity (Wildman–Crippen MR) is 77.0 cm³/mol. The summed E-state index contributed by atoms with van der Waals surface area (Å²) in [7, 11) is 1.52. The summed E-state index contributed by atoms with van der Waals surface area (Å²) in [6.45, 7) is 1.81. The van der Waals surface area contributed by atoms with Gasteiger partial charge in [-0.2, -0.15) is 26.3 Å². The molecule has 25 heavy (non-hydrogen) atoms. The van der Waals surface area contributed by atoms with Gasteiger partial charge in [-0.05, 0) is 12.1 Å². The van der Waals surface area contributed by atoms with Crippen LogP contribution in [0.2, 0.25) is 0 Å². The van der Waals surface area contributed by atoms with E-state index < -0.39 is 29.5 Å². The molecule has 1 rings (SSSR count). The van der Waals surface area contributed by atoms with Crippen LogP contribution in [0.4, 0.5) is 32.0 Å². The first kappa shape index (κ1) is 21.1. The molecule has 0 unspecified atom stereocenters. The Balaban J connectivity index is 2.95. The molecule has 0 fully saturated rings. The van der Waals surface area contributed by atoms with E-state index in [-0.39, 0.29) is 19.6 Å². The summed E-state index contributed by atoms with van der Waals surface area (Å²) in [5.74, 6) is -0.427. The van der Waals surface area contributed by atoms with Gasteiger partial charge in [-0.3, -0.25) is 4.79 Å². The van der Waals surface area contributed by atoms with Crippen LogP contribution in [0.25, 0.3) is 0 Å². The van der Waals surface area contributed by atoms with Gasteiger partial charge in [0.05, 0.1) is 6.54 Å². The van der Waals surface area contributed by atoms with Crippen molar-refractivity contribution in [2.45, 2.75) is 31.3 Å². The largest absolute Gasteiger partial charge is 0.464 e. The molecule has 4 nitrogen and oxygen atoms in total. The first-order valence-corrected chi connectivity index (χ1v) is 7.17. The highest BCUT2D eigenvalue weighted by atomic mass is 19.4. The summed E-state index contributed by atoms with van der Waals surface area (Å²) in [5, 5.41) is 9.29. The Bertz CT molecular complexity index is 568. The van der Waals surface area contributed by atoms with Crippen molar-refractivity contribution in [1.82, 2.24) is 0 Å². The zero-order chi connectivity index (χ0) is 19.5. The number of esters is 1. The fourth-order valence-corrected chi connectivity index (χ4v) is 1.97. The van der Waals surface area contributed by atoms with Crippen LogP contribution in [0.1, 0.15) is 18.9 Å². The van der Waals surface area contributed by atoms with Crippen molar-refractivity contribution in [2.75, 3.05) is 25.1 Å². The lowest BCUT2D eigenvalue weighted by atomic mass is 9.92. The topological polar surface area (TPSA) is 49.8 Å². The molecule has 0 saturated carbocycles. The summed E-state index contributed by atoms with van der Waals surface area (Å²) >= 11 is 0. The quantitative estimate of drug-likeness (QED) is 0.614. The molecule has 0 bridgehead atoms. The van der Waals surface area contributed by atoms with Gasteiger partial charge in [-0.15, -0.1) is 0 Å². The minimum atomic E-state index is -5.92. The Morgan fingerprint density at radius 2 is 1.56 bits per heavy atom. The number of carbonyl (C=O) groups is 1. The van der Waals surface area contributed by atoms with Gasteiger partial charge in [-0.25, -0.2) is 0 Å². The zero-order valence-electron chi connectivity index (χ0n) is 13.4. The van der Waals surface area contributed by atoms with Crippen molar-refractivity contribution in [2.24, 2.45) is 0 Å². The number of rotatable bonds is 6. The lowest BCUT2D eigenvalue weighted by molar-refractivity contribution is -0.376. The molecule has 142 valence electrons. The van der Waals surface area contributed by atoms with Crippen LogP contribution < -0.4 is 4.90 Å². The molecule has 1 aromatic rings. The van der Waals surface area contributed by atoms with Crippen LogP contribution in [0, 0.1) is 0 Å². The van der Waals surface area contributed by atoms with Gasteiger partial charge in [0.25, 0.3) is 5.60 Å². The van der Waals surface area contributed by atoms with Gasteiger partial charge < -0.3 is 14.7 Å². The third kappa shape index (κ3) is 4.56. The minimum Gasteiger partial charge on any atom is -0.464 e. The maximum Gasteiger partial charge on any atom is 0.430 e. The van der Waals surface area contributed by atoms with E-state index >= 15 is 0 Å². The summed E-state index contributed by atoms with van der Waals surface area (Å²) in [5.41, 5.74) is -5.99. The second-order valence-corrected chi connectivity index (χ2v) is 5.25. The van der Waals surface area contributed by atoms with E-state index in [1.165, 1.54) is 11.9 Å². The van der Waals surface area contributed by atoms with Crippen molar-refractivity contribution < 1.29 is 41.0 Å². The normalized spacial score (nSPS) is 12.8. The van der Waals surface area contributed by atoms with Gasteiger partial charge in [0.15, 0.2) is 0 Å². The lowest BCUT2D eigenvalue weighted by Crippen LogP contribution is -2.53. The second-order valence-electron chi connectivity index (χ2n) is 5.25. The van der Waals surface area contributed by atoms with E-state index in [1.807, 2.05) is 0 Å². The fourth-order valence-electron chi connectivity index (χ4n) is 1.97. The number of benzene rings is 1. The summed E-state index contributed by atoms with van der Waals surface area (Å²) in [6.07, 6.45) is -11.7. The van der Waals surface area contributed by atoms with Crippen molar-refractivity contribution in [1.29, 1.82) is 0 Å². The highest BCUT2D eigenvalue weighted by Gasteiger charge is 2.71. The first-order valence-electron chi connectivity index (χ1n) is 7.17. The highest BCUT2D eigenvalue weighted by molar-refractivity contribution is 5.68. The number of halogens is 6. The molecule has 0 aromatic heterocycles. The summed E-state index contributed by atoms with van der Waals surface area (Å²) < 4.78 is 81.6. The number of aliphatic hydroxyl groups is 1. The fraction of sp³-hybridized carbons (Fsp3) is 0.533. The van der Waals surface area contributed by atoms with E-state index in [2.05, 4.69) is 0 Å². The molecule has 0 aliphatic carbocycles. The number of likely N-dealkylation sites (N-methyl/N-ethyl adjacent to an activating group) is 1. The van der Waals surface area contributed by atoms with Gasteiger partial charge >= 0.3 is 18.3 Å². The Morgan fingerprint density at radius 1 is 1.08 bits per heavy atom. The van der Waals surface area contributed by atoms with Crippen LogP contribution >= 0.6 is 0 Å². The molecule has 1 N–H and O–H groups in total. The molecule has 1 aromatic carbocycles. The Labute approximate surface area is 140 Å². The van der Waals surface area contributed by atoms with E-state index in [0.717, 1.165) is 12.1 Å². The lowest BCUT2D eigenvalue weighted by Gasteiger charge is -2.33. The van der Waals surface area contributed by atoms with Gasteiger partial charge in [0.1, 0.15) is 6.61 Å². The van der Waals surface area contributed by atoms with E-state index in [0.29, 0.717) is 17.8 Å². The minimum absolute atomic E-state index is 0.0139. The zero-order valence-corrected chi connectivity index (χ0v) is 13.4. The average Bonchev–Trinajstić information content (AvgIpc) is 2.51. The van der Waals surface area contributed by atoms with Crippen LogP contribution in [-0.2, 0) is 15.1 Å². The number of alkyl halides is 6. The standard InChI is InChI=1S/C15H17F6NO3/c1-3-12(23)25-9-8-22(2)11-6-4-10(5-7-11)13(24,14(16,17)18)15(19,20)21/h4-7,24H,3,8-9H2,1-2H3. The molecule has 10 heteroatoms. The van der Waals surface area contributed by atoms with E-state index in [1.54, 1.807) is 6.92 Å². The molecule has 0 spiro atoms. The molecule has 0 heterocycles. The van der Waals surface area contributed by atoms with Crippen LogP contribution in [0.5, 0.6) is 0 Å². The third-order valence-electron chi connectivity index (χ3n) is 3.52. The number of hydrogen-bond acceptors (Lipinski definition) is 4. The van der Waals surface area contributed by atoms with Crippen LogP contribution in [-0.4, -0.2) is 43.6 Å². The molecule has 0 amide bonds.